The maximum Gasteiger partial charge on any atom is 0.0175 e. The summed E-state index contributed by atoms with van der Waals surface area (Å²) >= 11 is 3.45. The van der Waals surface area contributed by atoms with Crippen molar-refractivity contribution in [2.75, 3.05) is 0 Å². The lowest BCUT2D eigenvalue weighted by Gasteiger charge is -2.22. The maximum absolute atomic E-state index is 6.20. The summed E-state index contributed by atoms with van der Waals surface area (Å²) in [6, 6.07) is 8.83. The van der Waals surface area contributed by atoms with Crippen LogP contribution in [0.15, 0.2) is 28.7 Å². The second-order valence-corrected chi connectivity index (χ2v) is 4.93. The molecule has 0 aliphatic rings. The Morgan fingerprint density at radius 3 is 2.27 bits per heavy atom. The molecule has 0 saturated carbocycles. The average molecular weight is 270 g/mol. The highest BCUT2D eigenvalue weighted by Gasteiger charge is 2.16. The lowest BCUT2D eigenvalue weighted by atomic mass is 9.87. The minimum Gasteiger partial charge on any atom is -0.327 e. The molecule has 2 heteroatoms. The highest BCUT2D eigenvalue weighted by atomic mass is 79.9. The first-order valence-corrected chi connectivity index (χ1v) is 6.49. The van der Waals surface area contributed by atoms with Crippen molar-refractivity contribution >= 4 is 15.9 Å². The van der Waals surface area contributed by atoms with Gasteiger partial charge in [-0.25, -0.2) is 0 Å². The molecule has 0 aromatic heterocycles. The molecule has 2 unspecified atom stereocenters. The Balaban J connectivity index is 2.77. The van der Waals surface area contributed by atoms with Gasteiger partial charge in [0.25, 0.3) is 0 Å². The first-order chi connectivity index (χ1) is 7.19. The van der Waals surface area contributed by atoms with Gasteiger partial charge in [0.15, 0.2) is 0 Å². The molecule has 1 rings (SSSR count). The summed E-state index contributed by atoms with van der Waals surface area (Å²) in [6.45, 7) is 4.40. The van der Waals surface area contributed by atoms with E-state index in [9.17, 15) is 0 Å². The summed E-state index contributed by atoms with van der Waals surface area (Å²) in [5, 5.41) is 0. The number of benzene rings is 1. The Morgan fingerprint density at radius 2 is 1.80 bits per heavy atom. The minimum absolute atomic E-state index is 0.293. The van der Waals surface area contributed by atoms with Crippen molar-refractivity contribution in [3.63, 3.8) is 0 Å². The van der Waals surface area contributed by atoms with Gasteiger partial charge in [0.1, 0.15) is 0 Å². The fourth-order valence-corrected chi connectivity index (χ4v) is 2.29. The zero-order valence-corrected chi connectivity index (χ0v) is 11.1. The third-order valence-corrected chi connectivity index (χ3v) is 3.41. The van der Waals surface area contributed by atoms with Gasteiger partial charge in [-0.2, -0.15) is 0 Å². The molecule has 1 aromatic rings. The van der Waals surface area contributed by atoms with E-state index >= 15 is 0 Å². The summed E-state index contributed by atoms with van der Waals surface area (Å²) in [5.41, 5.74) is 7.56. The zero-order valence-electron chi connectivity index (χ0n) is 9.54. The largest absolute Gasteiger partial charge is 0.327 e. The Kier molecular flexibility index (Phi) is 5.34. The molecule has 0 bridgehead atoms. The molecule has 0 aliphatic carbocycles. The minimum atomic E-state index is 0.293. The summed E-state index contributed by atoms with van der Waals surface area (Å²) in [5.74, 6) is 0.498. The van der Waals surface area contributed by atoms with E-state index in [1.165, 1.54) is 5.56 Å². The quantitative estimate of drug-likeness (QED) is 0.857. The van der Waals surface area contributed by atoms with Gasteiger partial charge in [-0.15, -0.1) is 0 Å². The third kappa shape index (κ3) is 3.62. The molecule has 0 fully saturated rings. The second kappa shape index (κ2) is 6.29. The average Bonchev–Trinajstić information content (AvgIpc) is 2.22. The molecule has 1 nitrogen and oxygen atoms in total. The summed E-state index contributed by atoms with van der Waals surface area (Å²) in [7, 11) is 0. The molecule has 84 valence electrons. The number of rotatable bonds is 5. The SMILES string of the molecule is CCCC(N)C(CC)c1ccc(Br)cc1. The van der Waals surface area contributed by atoms with E-state index in [0.717, 1.165) is 23.7 Å². The van der Waals surface area contributed by atoms with Gasteiger partial charge in [-0.1, -0.05) is 48.3 Å². The lowest BCUT2D eigenvalue weighted by molar-refractivity contribution is 0.483. The number of nitrogens with two attached hydrogens (primary N) is 1. The molecule has 0 amide bonds. The van der Waals surface area contributed by atoms with Crippen LogP contribution in [0.4, 0.5) is 0 Å². The first-order valence-electron chi connectivity index (χ1n) is 5.70. The highest BCUT2D eigenvalue weighted by molar-refractivity contribution is 9.10. The third-order valence-electron chi connectivity index (χ3n) is 2.88. The van der Waals surface area contributed by atoms with E-state index < -0.39 is 0 Å². The molecule has 0 aliphatic heterocycles. The molecule has 2 atom stereocenters. The van der Waals surface area contributed by atoms with E-state index in [1.807, 2.05) is 0 Å². The van der Waals surface area contributed by atoms with Gasteiger partial charge < -0.3 is 5.73 Å². The van der Waals surface area contributed by atoms with Crippen molar-refractivity contribution in [1.29, 1.82) is 0 Å². The fraction of sp³-hybridized carbons (Fsp3) is 0.538. The first kappa shape index (κ1) is 12.7. The van der Waals surface area contributed by atoms with Crippen LogP contribution in [0.1, 0.15) is 44.6 Å². The van der Waals surface area contributed by atoms with E-state index in [-0.39, 0.29) is 0 Å². The summed E-state index contributed by atoms with van der Waals surface area (Å²) in [4.78, 5) is 0. The Labute approximate surface area is 101 Å². The van der Waals surface area contributed by atoms with Crippen LogP contribution in [0.5, 0.6) is 0 Å². The molecular weight excluding hydrogens is 250 g/mol. The summed E-state index contributed by atoms with van der Waals surface area (Å²) in [6.07, 6.45) is 3.38. The van der Waals surface area contributed by atoms with Gasteiger partial charge in [0.05, 0.1) is 0 Å². The predicted octanol–water partition coefficient (Wildman–Crippen LogP) is 4.07. The normalized spacial score (nSPS) is 14.9. The number of hydrogen-bond donors (Lipinski definition) is 1. The molecule has 1 aromatic carbocycles. The molecule has 0 heterocycles. The summed E-state index contributed by atoms with van der Waals surface area (Å²) < 4.78 is 1.13. The van der Waals surface area contributed by atoms with Gasteiger partial charge in [0, 0.05) is 10.5 Å². The Morgan fingerprint density at radius 1 is 1.20 bits per heavy atom. The van der Waals surface area contributed by atoms with Crippen LogP contribution in [-0.2, 0) is 0 Å². The van der Waals surface area contributed by atoms with Crippen LogP contribution in [0, 0.1) is 0 Å². The van der Waals surface area contributed by atoms with E-state index in [1.54, 1.807) is 0 Å². The van der Waals surface area contributed by atoms with E-state index in [4.69, 9.17) is 5.73 Å². The lowest BCUT2D eigenvalue weighted by Crippen LogP contribution is -2.27. The van der Waals surface area contributed by atoms with E-state index in [2.05, 4.69) is 54.0 Å². The molecule has 0 spiro atoms. The predicted molar refractivity (Wildman–Crippen MR) is 70.1 cm³/mol. The van der Waals surface area contributed by atoms with Crippen molar-refractivity contribution < 1.29 is 0 Å². The van der Waals surface area contributed by atoms with Crippen LogP contribution in [0.25, 0.3) is 0 Å². The van der Waals surface area contributed by atoms with Crippen LogP contribution >= 0.6 is 15.9 Å². The van der Waals surface area contributed by atoms with E-state index in [0.29, 0.717) is 12.0 Å². The smallest absolute Gasteiger partial charge is 0.0175 e. The zero-order chi connectivity index (χ0) is 11.3. The van der Waals surface area contributed by atoms with Crippen LogP contribution < -0.4 is 5.73 Å². The second-order valence-electron chi connectivity index (χ2n) is 4.02. The number of halogens is 1. The molecule has 2 N–H and O–H groups in total. The molecule has 0 radical (unpaired) electrons. The van der Waals surface area contributed by atoms with Crippen molar-refractivity contribution in [3.8, 4) is 0 Å². The van der Waals surface area contributed by atoms with Crippen molar-refractivity contribution in [2.24, 2.45) is 5.73 Å². The molecular formula is C13H20BrN. The van der Waals surface area contributed by atoms with Gasteiger partial charge in [-0.3, -0.25) is 0 Å². The van der Waals surface area contributed by atoms with Crippen molar-refractivity contribution in [1.82, 2.24) is 0 Å². The van der Waals surface area contributed by atoms with Gasteiger partial charge >= 0.3 is 0 Å². The highest BCUT2D eigenvalue weighted by Crippen LogP contribution is 2.25. The van der Waals surface area contributed by atoms with Crippen molar-refractivity contribution in [3.05, 3.63) is 34.3 Å². The van der Waals surface area contributed by atoms with Crippen LogP contribution in [0.2, 0.25) is 0 Å². The molecule has 15 heavy (non-hydrogen) atoms. The maximum atomic E-state index is 6.20. The van der Waals surface area contributed by atoms with Gasteiger partial charge in [-0.05, 0) is 36.5 Å². The van der Waals surface area contributed by atoms with Crippen molar-refractivity contribution in [2.45, 2.75) is 45.1 Å². The number of hydrogen-bond acceptors (Lipinski definition) is 1. The Hall–Kier alpha value is -0.340. The standard InChI is InChI=1S/C13H20BrN/c1-3-5-13(15)12(4-2)10-6-8-11(14)9-7-10/h6-9,12-13H,3-5,15H2,1-2H3. The fourth-order valence-electron chi connectivity index (χ4n) is 2.03. The molecule has 0 saturated heterocycles. The van der Waals surface area contributed by atoms with Crippen LogP contribution in [-0.4, -0.2) is 6.04 Å². The topological polar surface area (TPSA) is 26.0 Å². The monoisotopic (exact) mass is 269 g/mol. The van der Waals surface area contributed by atoms with Crippen LogP contribution in [0.3, 0.4) is 0 Å². The Bertz CT molecular complexity index is 281. The van der Waals surface area contributed by atoms with Gasteiger partial charge in [0.2, 0.25) is 0 Å².